The van der Waals surface area contributed by atoms with Gasteiger partial charge in [-0.05, 0) is 74.9 Å². The maximum atomic E-state index is 8.18. The second-order valence-electron chi connectivity index (χ2n) is 9.02. The quantitative estimate of drug-likeness (QED) is 0.239. The predicted octanol–water partition coefficient (Wildman–Crippen LogP) is 8.97. The summed E-state index contributed by atoms with van der Waals surface area (Å²) in [4.78, 5) is 4.51. The number of rotatable bonds is 3. The Kier molecular flexibility index (Phi) is 4.04. The Labute approximate surface area is 214 Å². The Morgan fingerprint density at radius 1 is 0.556 bits per heavy atom. The smallest absolute Gasteiger partial charge is 0.111 e. The molecule has 7 aromatic rings. The highest BCUT2D eigenvalue weighted by atomic mass is 15.1. The summed E-state index contributed by atoms with van der Waals surface area (Å²) in [5, 5.41) is 4.66. The summed E-state index contributed by atoms with van der Waals surface area (Å²) in [6.45, 7) is -2.36. The van der Waals surface area contributed by atoms with E-state index in [-0.39, 0.29) is 5.82 Å². The maximum Gasteiger partial charge on any atom is 0.111 e. The molecule has 0 N–H and O–H groups in total. The van der Waals surface area contributed by atoms with Crippen LogP contribution in [0.5, 0.6) is 0 Å². The predicted molar refractivity (Wildman–Crippen MR) is 152 cm³/mol. The number of fused-ring (bicyclic) bond motifs is 3. The number of aryl methyl sites for hydroxylation is 1. The van der Waals surface area contributed by atoms with Crippen molar-refractivity contribution in [2.45, 2.75) is 6.85 Å². The molecule has 7 rings (SSSR count). The first-order valence-electron chi connectivity index (χ1n) is 13.6. The summed E-state index contributed by atoms with van der Waals surface area (Å²) >= 11 is 0. The van der Waals surface area contributed by atoms with Crippen LogP contribution in [0.1, 0.15) is 9.94 Å². The average molecular weight is 464 g/mol. The lowest BCUT2D eigenvalue weighted by Gasteiger charge is -2.18. The van der Waals surface area contributed by atoms with Gasteiger partial charge in [-0.3, -0.25) is 4.57 Å². The highest BCUT2D eigenvalue weighted by molar-refractivity contribution is 6.21. The van der Waals surface area contributed by atoms with Crippen LogP contribution in [-0.4, -0.2) is 9.55 Å². The van der Waals surface area contributed by atoms with Gasteiger partial charge in [-0.25, -0.2) is 4.98 Å². The molecular formula is C34H24N2. The van der Waals surface area contributed by atoms with Crippen LogP contribution >= 0.6 is 0 Å². The van der Waals surface area contributed by atoms with Gasteiger partial charge in [-0.2, -0.15) is 0 Å². The van der Waals surface area contributed by atoms with E-state index in [0.717, 1.165) is 33.1 Å². The number of para-hydroxylation sites is 2. The molecule has 1 aromatic heterocycles. The molecular weight excluding hydrogens is 436 g/mol. The lowest BCUT2D eigenvalue weighted by atomic mass is 9.86. The van der Waals surface area contributed by atoms with E-state index in [4.69, 9.17) is 4.11 Å². The molecule has 0 aliphatic rings. The second-order valence-corrected chi connectivity index (χ2v) is 9.02. The van der Waals surface area contributed by atoms with Gasteiger partial charge in [0.25, 0.3) is 0 Å². The van der Waals surface area contributed by atoms with Gasteiger partial charge < -0.3 is 0 Å². The fraction of sp³-hybridized carbons (Fsp3) is 0.0294. The summed E-state index contributed by atoms with van der Waals surface area (Å²) in [6, 6.07) is 43.3. The van der Waals surface area contributed by atoms with Crippen molar-refractivity contribution in [3.05, 3.63) is 133 Å². The summed E-state index contributed by atoms with van der Waals surface area (Å²) in [5.74, 6) is 0.0648. The van der Waals surface area contributed by atoms with Crippen molar-refractivity contribution in [2.24, 2.45) is 0 Å². The van der Waals surface area contributed by atoms with Gasteiger partial charge in [-0.15, -0.1) is 0 Å². The standard InChI is InChI=1S/C34H24N2/c1-23-35-31-20-9-10-21-32(31)36(23)26-15-11-14-25(22-26)34-29-18-7-5-16-27(29)33(24-12-3-2-4-13-24)28-17-6-8-19-30(28)34/h2-22H,1H3/i1D3. The van der Waals surface area contributed by atoms with Crippen molar-refractivity contribution in [3.63, 3.8) is 0 Å². The monoisotopic (exact) mass is 463 g/mol. The first-order chi connectivity index (χ1) is 19.0. The number of hydrogen-bond acceptors (Lipinski definition) is 1. The SMILES string of the molecule is [2H]C([2H])([2H])c1nc2ccccc2n1-c1cccc(-c2c3ccccc3c(-c3ccccc3)c3ccccc23)c1. The lowest BCUT2D eigenvalue weighted by molar-refractivity contribution is 1.00. The van der Waals surface area contributed by atoms with Crippen LogP contribution in [0.4, 0.5) is 0 Å². The topological polar surface area (TPSA) is 17.8 Å². The molecule has 2 nitrogen and oxygen atoms in total. The fourth-order valence-corrected chi connectivity index (χ4v) is 5.44. The van der Waals surface area contributed by atoms with E-state index < -0.39 is 6.85 Å². The van der Waals surface area contributed by atoms with Crippen molar-refractivity contribution < 1.29 is 4.11 Å². The highest BCUT2D eigenvalue weighted by Crippen LogP contribution is 2.43. The van der Waals surface area contributed by atoms with Gasteiger partial charge in [0.1, 0.15) is 5.82 Å². The number of imidazole rings is 1. The van der Waals surface area contributed by atoms with Gasteiger partial charge in [0, 0.05) is 9.80 Å². The van der Waals surface area contributed by atoms with Crippen molar-refractivity contribution in [1.82, 2.24) is 9.55 Å². The number of nitrogens with zero attached hydrogens (tertiary/aromatic N) is 2. The van der Waals surface area contributed by atoms with Crippen molar-refractivity contribution in [3.8, 4) is 27.9 Å². The largest absolute Gasteiger partial charge is 0.297 e. The Hall–Kier alpha value is -4.69. The van der Waals surface area contributed by atoms with Crippen molar-refractivity contribution in [1.29, 1.82) is 0 Å². The number of hydrogen-bond donors (Lipinski definition) is 0. The van der Waals surface area contributed by atoms with Crippen molar-refractivity contribution in [2.75, 3.05) is 0 Å². The van der Waals surface area contributed by atoms with E-state index in [1.807, 2.05) is 42.5 Å². The highest BCUT2D eigenvalue weighted by Gasteiger charge is 2.17. The molecule has 0 aliphatic carbocycles. The van der Waals surface area contributed by atoms with E-state index in [0.29, 0.717) is 5.52 Å². The van der Waals surface area contributed by atoms with Gasteiger partial charge in [0.2, 0.25) is 0 Å². The molecule has 2 heteroatoms. The van der Waals surface area contributed by atoms with Crippen LogP contribution in [0, 0.1) is 6.85 Å². The minimum atomic E-state index is -2.36. The van der Waals surface area contributed by atoms with E-state index in [1.54, 1.807) is 4.57 Å². The van der Waals surface area contributed by atoms with Gasteiger partial charge in [-0.1, -0.05) is 103 Å². The minimum Gasteiger partial charge on any atom is -0.297 e. The Morgan fingerprint density at radius 3 is 1.78 bits per heavy atom. The summed E-state index contributed by atoms with van der Waals surface area (Å²) in [7, 11) is 0. The first-order valence-corrected chi connectivity index (χ1v) is 12.1. The van der Waals surface area contributed by atoms with Gasteiger partial charge in [0.15, 0.2) is 0 Å². The fourth-order valence-electron chi connectivity index (χ4n) is 5.44. The molecule has 0 saturated heterocycles. The van der Waals surface area contributed by atoms with Crippen molar-refractivity contribution >= 4 is 32.6 Å². The lowest BCUT2D eigenvalue weighted by Crippen LogP contribution is -1.97. The van der Waals surface area contributed by atoms with E-state index in [1.165, 1.54) is 21.9 Å². The van der Waals surface area contributed by atoms with E-state index in [2.05, 4.69) is 89.9 Å². The average Bonchev–Trinajstić information content (AvgIpc) is 3.37. The molecule has 1 heterocycles. The summed E-state index contributed by atoms with van der Waals surface area (Å²) in [5.41, 5.74) is 6.75. The first kappa shape index (κ1) is 17.7. The third-order valence-corrected chi connectivity index (χ3v) is 6.95. The summed E-state index contributed by atoms with van der Waals surface area (Å²) in [6.07, 6.45) is 0. The minimum absolute atomic E-state index is 0.0648. The van der Waals surface area contributed by atoms with E-state index in [9.17, 15) is 0 Å². The molecule has 0 radical (unpaired) electrons. The Morgan fingerprint density at radius 2 is 1.11 bits per heavy atom. The number of benzene rings is 6. The Balaban J connectivity index is 1.55. The molecule has 170 valence electrons. The van der Waals surface area contributed by atoms with Gasteiger partial charge in [0.05, 0.1) is 11.0 Å². The zero-order chi connectivity index (χ0) is 26.6. The van der Waals surface area contributed by atoms with E-state index >= 15 is 0 Å². The second kappa shape index (κ2) is 8.21. The van der Waals surface area contributed by atoms with Crippen LogP contribution in [0.3, 0.4) is 0 Å². The molecule has 6 aromatic carbocycles. The normalized spacial score (nSPS) is 13.1. The van der Waals surface area contributed by atoms with Crippen LogP contribution < -0.4 is 0 Å². The molecule has 0 saturated carbocycles. The molecule has 0 unspecified atom stereocenters. The van der Waals surface area contributed by atoms with Gasteiger partial charge >= 0.3 is 0 Å². The molecule has 0 fully saturated rings. The molecule has 36 heavy (non-hydrogen) atoms. The molecule has 0 aliphatic heterocycles. The third-order valence-electron chi connectivity index (χ3n) is 6.95. The molecule has 0 spiro atoms. The van der Waals surface area contributed by atoms with Crippen LogP contribution in [0.15, 0.2) is 127 Å². The zero-order valence-corrected chi connectivity index (χ0v) is 19.5. The zero-order valence-electron chi connectivity index (χ0n) is 22.5. The van der Waals surface area contributed by atoms with Crippen LogP contribution in [0.2, 0.25) is 0 Å². The number of aromatic nitrogens is 2. The molecule has 0 bridgehead atoms. The van der Waals surface area contributed by atoms with Crippen LogP contribution in [0.25, 0.3) is 60.5 Å². The van der Waals surface area contributed by atoms with Crippen LogP contribution in [-0.2, 0) is 0 Å². The summed E-state index contributed by atoms with van der Waals surface area (Å²) < 4.78 is 26.3. The Bertz CT molecular complexity index is 1950. The third kappa shape index (κ3) is 3.15. The molecule has 0 amide bonds. The molecule has 0 atom stereocenters. The maximum absolute atomic E-state index is 8.18.